The molecule has 0 radical (unpaired) electrons. The van der Waals surface area contributed by atoms with Crippen LogP contribution in [0.4, 0.5) is 10.5 Å². The zero-order valence-corrected chi connectivity index (χ0v) is 10.1. The third kappa shape index (κ3) is 3.75. The van der Waals surface area contributed by atoms with Crippen molar-refractivity contribution in [3.63, 3.8) is 0 Å². The fourth-order valence-corrected chi connectivity index (χ4v) is 1.96. The van der Waals surface area contributed by atoms with Gasteiger partial charge in [-0.15, -0.1) is 0 Å². The van der Waals surface area contributed by atoms with E-state index in [1.165, 1.54) is 5.56 Å². The van der Waals surface area contributed by atoms with Crippen molar-refractivity contribution < 1.29 is 4.79 Å². The topological polar surface area (TPSA) is 53.2 Å². The molecule has 2 amide bonds. The number of rotatable bonds is 2. The summed E-state index contributed by atoms with van der Waals surface area (Å²) in [5.74, 6) is 0. The van der Waals surface area contributed by atoms with Gasteiger partial charge in [0.2, 0.25) is 0 Å². The van der Waals surface area contributed by atoms with Crippen molar-refractivity contribution in [3.8, 4) is 0 Å². The highest BCUT2D eigenvalue weighted by molar-refractivity contribution is 5.89. The van der Waals surface area contributed by atoms with Crippen LogP contribution in [0.5, 0.6) is 0 Å². The van der Waals surface area contributed by atoms with Crippen LogP contribution in [0, 0.1) is 6.92 Å². The molecule has 1 aromatic carbocycles. The number of aryl methyl sites for hydroxylation is 1. The SMILES string of the molecule is Cc1ccc(NC(=O)N[C@@H]2CCCNC2)cc1. The van der Waals surface area contributed by atoms with Crippen LogP contribution in [0.25, 0.3) is 0 Å². The Balaban J connectivity index is 1.82. The Kier molecular flexibility index (Phi) is 3.98. The molecule has 0 unspecified atom stereocenters. The van der Waals surface area contributed by atoms with Crippen LogP contribution in [0.3, 0.4) is 0 Å². The number of urea groups is 1. The van der Waals surface area contributed by atoms with E-state index < -0.39 is 0 Å². The summed E-state index contributed by atoms with van der Waals surface area (Å²) >= 11 is 0. The fourth-order valence-electron chi connectivity index (χ4n) is 1.96. The van der Waals surface area contributed by atoms with Gasteiger partial charge in [-0.05, 0) is 38.4 Å². The van der Waals surface area contributed by atoms with Crippen LogP contribution < -0.4 is 16.0 Å². The van der Waals surface area contributed by atoms with Gasteiger partial charge >= 0.3 is 6.03 Å². The molecule has 2 rings (SSSR count). The third-order valence-corrected chi connectivity index (χ3v) is 2.94. The molecule has 1 heterocycles. The molecule has 0 aliphatic carbocycles. The second-order valence-corrected chi connectivity index (χ2v) is 4.51. The number of amides is 2. The van der Waals surface area contributed by atoms with Crippen molar-refractivity contribution in [3.05, 3.63) is 29.8 Å². The van der Waals surface area contributed by atoms with E-state index in [0.29, 0.717) is 0 Å². The maximum Gasteiger partial charge on any atom is 0.319 e. The molecule has 4 heteroatoms. The zero-order valence-electron chi connectivity index (χ0n) is 10.1. The molecule has 1 fully saturated rings. The minimum absolute atomic E-state index is 0.123. The van der Waals surface area contributed by atoms with Gasteiger partial charge in [0.05, 0.1) is 0 Å². The molecule has 92 valence electrons. The number of carbonyl (C=O) groups is 1. The lowest BCUT2D eigenvalue weighted by molar-refractivity contribution is 0.245. The van der Waals surface area contributed by atoms with E-state index in [-0.39, 0.29) is 12.1 Å². The minimum atomic E-state index is -0.123. The normalized spacial score (nSPS) is 19.7. The number of carbonyl (C=O) groups excluding carboxylic acids is 1. The van der Waals surface area contributed by atoms with Crippen LogP contribution in [0.15, 0.2) is 24.3 Å². The number of piperidine rings is 1. The number of hydrogen-bond donors (Lipinski definition) is 3. The molecule has 0 bridgehead atoms. The number of anilines is 1. The first-order chi connectivity index (χ1) is 8.24. The number of nitrogens with one attached hydrogen (secondary N) is 3. The number of benzene rings is 1. The molecule has 4 nitrogen and oxygen atoms in total. The van der Waals surface area contributed by atoms with Gasteiger partial charge in [0, 0.05) is 18.3 Å². The fraction of sp³-hybridized carbons (Fsp3) is 0.462. The Labute approximate surface area is 102 Å². The standard InChI is InChI=1S/C13H19N3O/c1-10-4-6-11(7-5-10)15-13(17)16-12-3-2-8-14-9-12/h4-7,12,14H,2-3,8-9H2,1H3,(H2,15,16,17)/t12-/m1/s1. The van der Waals surface area contributed by atoms with Gasteiger partial charge in [-0.2, -0.15) is 0 Å². The van der Waals surface area contributed by atoms with Crippen LogP contribution in [-0.4, -0.2) is 25.2 Å². The highest BCUT2D eigenvalue weighted by atomic mass is 16.2. The van der Waals surface area contributed by atoms with Crippen LogP contribution in [-0.2, 0) is 0 Å². The lowest BCUT2D eigenvalue weighted by atomic mass is 10.1. The predicted octanol–water partition coefficient (Wildman–Crippen LogP) is 1.87. The number of hydrogen-bond acceptors (Lipinski definition) is 2. The van der Waals surface area contributed by atoms with Crippen molar-refractivity contribution in [1.29, 1.82) is 0 Å². The van der Waals surface area contributed by atoms with Gasteiger partial charge < -0.3 is 16.0 Å². The predicted molar refractivity (Wildman–Crippen MR) is 69.2 cm³/mol. The molecule has 1 aliphatic heterocycles. The zero-order chi connectivity index (χ0) is 12.1. The average Bonchev–Trinajstić information content (AvgIpc) is 2.33. The van der Waals surface area contributed by atoms with E-state index in [1.807, 2.05) is 31.2 Å². The van der Waals surface area contributed by atoms with Crippen molar-refractivity contribution in [2.75, 3.05) is 18.4 Å². The average molecular weight is 233 g/mol. The van der Waals surface area contributed by atoms with Gasteiger partial charge in [0.15, 0.2) is 0 Å². The lowest BCUT2D eigenvalue weighted by Crippen LogP contribution is -2.47. The molecule has 1 atom stereocenters. The molecule has 0 saturated carbocycles. The van der Waals surface area contributed by atoms with Gasteiger partial charge in [0.1, 0.15) is 0 Å². The molecule has 1 aliphatic rings. The second kappa shape index (κ2) is 5.68. The van der Waals surface area contributed by atoms with E-state index in [0.717, 1.165) is 31.6 Å². The first-order valence-corrected chi connectivity index (χ1v) is 6.09. The highest BCUT2D eigenvalue weighted by Crippen LogP contribution is 2.08. The summed E-state index contributed by atoms with van der Waals surface area (Å²) in [4.78, 5) is 11.7. The monoisotopic (exact) mass is 233 g/mol. The molecular formula is C13H19N3O. The van der Waals surface area contributed by atoms with E-state index in [1.54, 1.807) is 0 Å². The second-order valence-electron chi connectivity index (χ2n) is 4.51. The van der Waals surface area contributed by atoms with Gasteiger partial charge in [0.25, 0.3) is 0 Å². The van der Waals surface area contributed by atoms with Crippen LogP contribution >= 0.6 is 0 Å². The molecular weight excluding hydrogens is 214 g/mol. The maximum absolute atomic E-state index is 11.7. The van der Waals surface area contributed by atoms with Gasteiger partial charge in [-0.25, -0.2) is 4.79 Å². The summed E-state index contributed by atoms with van der Waals surface area (Å²) in [5, 5.41) is 9.08. The first-order valence-electron chi connectivity index (χ1n) is 6.09. The van der Waals surface area contributed by atoms with Crippen molar-refractivity contribution in [2.24, 2.45) is 0 Å². The van der Waals surface area contributed by atoms with E-state index in [9.17, 15) is 4.79 Å². The molecule has 17 heavy (non-hydrogen) atoms. The summed E-state index contributed by atoms with van der Waals surface area (Å²) in [5.41, 5.74) is 2.02. The summed E-state index contributed by atoms with van der Waals surface area (Å²) in [6.45, 7) is 3.94. The summed E-state index contributed by atoms with van der Waals surface area (Å²) in [7, 11) is 0. The summed E-state index contributed by atoms with van der Waals surface area (Å²) in [6, 6.07) is 7.91. The van der Waals surface area contributed by atoms with E-state index >= 15 is 0 Å². The Hall–Kier alpha value is -1.55. The molecule has 1 aromatic rings. The first kappa shape index (κ1) is 11.9. The van der Waals surface area contributed by atoms with Crippen LogP contribution in [0.1, 0.15) is 18.4 Å². The Morgan fingerprint density at radius 1 is 1.35 bits per heavy atom. The molecule has 0 spiro atoms. The minimum Gasteiger partial charge on any atom is -0.334 e. The van der Waals surface area contributed by atoms with E-state index in [4.69, 9.17) is 0 Å². The highest BCUT2D eigenvalue weighted by Gasteiger charge is 2.14. The molecule has 0 aromatic heterocycles. The Morgan fingerprint density at radius 2 is 2.12 bits per heavy atom. The van der Waals surface area contributed by atoms with E-state index in [2.05, 4.69) is 16.0 Å². The molecule has 1 saturated heterocycles. The lowest BCUT2D eigenvalue weighted by Gasteiger charge is -2.23. The summed E-state index contributed by atoms with van der Waals surface area (Å²) in [6.07, 6.45) is 2.17. The quantitative estimate of drug-likeness (QED) is 0.730. The van der Waals surface area contributed by atoms with Gasteiger partial charge in [-0.1, -0.05) is 17.7 Å². The largest absolute Gasteiger partial charge is 0.334 e. The van der Waals surface area contributed by atoms with Crippen LogP contribution in [0.2, 0.25) is 0 Å². The van der Waals surface area contributed by atoms with Crippen molar-refractivity contribution in [2.45, 2.75) is 25.8 Å². The smallest absolute Gasteiger partial charge is 0.319 e. The molecule has 3 N–H and O–H groups in total. The Morgan fingerprint density at radius 3 is 2.76 bits per heavy atom. The Bertz CT molecular complexity index is 369. The van der Waals surface area contributed by atoms with Crippen molar-refractivity contribution >= 4 is 11.7 Å². The third-order valence-electron chi connectivity index (χ3n) is 2.94. The van der Waals surface area contributed by atoms with Crippen molar-refractivity contribution in [1.82, 2.24) is 10.6 Å². The maximum atomic E-state index is 11.7. The summed E-state index contributed by atoms with van der Waals surface area (Å²) < 4.78 is 0. The van der Waals surface area contributed by atoms with Gasteiger partial charge in [-0.3, -0.25) is 0 Å².